The number of nitrogens with zero attached hydrogens (tertiary/aromatic N) is 1. The van der Waals surface area contributed by atoms with Crippen molar-refractivity contribution in [2.75, 3.05) is 12.4 Å². The maximum Gasteiger partial charge on any atom is 0.226 e. The summed E-state index contributed by atoms with van der Waals surface area (Å²) in [6, 6.07) is 4.78. The number of halogens is 1. The van der Waals surface area contributed by atoms with Gasteiger partial charge in [0, 0.05) is 23.4 Å². The van der Waals surface area contributed by atoms with E-state index in [2.05, 4.69) is 10.3 Å². The molecular formula is C17H20FN3O2S. The van der Waals surface area contributed by atoms with Crippen molar-refractivity contribution in [3.8, 4) is 17.0 Å². The molecule has 128 valence electrons. The first-order valence-corrected chi connectivity index (χ1v) is 8.79. The third kappa shape index (κ3) is 3.73. The first kappa shape index (κ1) is 16.9. The molecule has 3 rings (SSSR count). The van der Waals surface area contributed by atoms with Gasteiger partial charge < -0.3 is 15.8 Å². The van der Waals surface area contributed by atoms with Gasteiger partial charge in [0.05, 0.1) is 12.8 Å². The molecule has 0 unspecified atom stereocenters. The van der Waals surface area contributed by atoms with Crippen LogP contribution in [0, 0.1) is 11.7 Å². The van der Waals surface area contributed by atoms with E-state index in [1.165, 1.54) is 24.5 Å². The quantitative estimate of drug-likeness (QED) is 0.867. The standard InChI is InChI=1S/C17H20FN3O2S/c1-23-15-6-5-11(7-12(15)18)14-9-24-17(20-14)21-16(22)8-10-3-2-4-13(10)19/h5-7,9-10,13H,2-4,8,19H2,1H3,(H,20,21,22)/t10-,13+/m0/s1. The van der Waals surface area contributed by atoms with Crippen molar-refractivity contribution in [1.29, 1.82) is 0 Å². The summed E-state index contributed by atoms with van der Waals surface area (Å²) in [4.78, 5) is 16.5. The van der Waals surface area contributed by atoms with Crippen molar-refractivity contribution in [3.05, 3.63) is 29.4 Å². The Morgan fingerprint density at radius 3 is 3.00 bits per heavy atom. The van der Waals surface area contributed by atoms with E-state index in [-0.39, 0.29) is 23.6 Å². The number of amides is 1. The predicted molar refractivity (Wildman–Crippen MR) is 92.6 cm³/mol. The van der Waals surface area contributed by atoms with Crippen molar-refractivity contribution >= 4 is 22.4 Å². The van der Waals surface area contributed by atoms with Crippen LogP contribution in [0.5, 0.6) is 5.75 Å². The van der Waals surface area contributed by atoms with Gasteiger partial charge in [-0.05, 0) is 37.0 Å². The van der Waals surface area contributed by atoms with Crippen LogP contribution in [0.1, 0.15) is 25.7 Å². The number of benzene rings is 1. The van der Waals surface area contributed by atoms with E-state index in [9.17, 15) is 9.18 Å². The fraction of sp³-hybridized carbons (Fsp3) is 0.412. The molecule has 1 aromatic carbocycles. The van der Waals surface area contributed by atoms with E-state index in [1.807, 2.05) is 0 Å². The minimum absolute atomic E-state index is 0.0702. The molecule has 0 radical (unpaired) electrons. The Hall–Kier alpha value is -1.99. The highest BCUT2D eigenvalue weighted by Gasteiger charge is 2.26. The summed E-state index contributed by atoms with van der Waals surface area (Å²) in [5, 5.41) is 5.11. The first-order valence-electron chi connectivity index (χ1n) is 7.91. The highest BCUT2D eigenvalue weighted by Crippen LogP contribution is 2.30. The number of carbonyl (C=O) groups is 1. The number of methoxy groups -OCH3 is 1. The van der Waals surface area contributed by atoms with Crippen molar-refractivity contribution < 1.29 is 13.9 Å². The molecule has 0 spiro atoms. The second kappa shape index (κ2) is 7.27. The molecular weight excluding hydrogens is 329 g/mol. The van der Waals surface area contributed by atoms with Gasteiger partial charge in [-0.3, -0.25) is 4.79 Å². The van der Waals surface area contributed by atoms with Crippen LogP contribution in [0.2, 0.25) is 0 Å². The molecule has 1 amide bonds. The van der Waals surface area contributed by atoms with Crippen molar-refractivity contribution in [3.63, 3.8) is 0 Å². The molecule has 5 nitrogen and oxygen atoms in total. The topological polar surface area (TPSA) is 77.2 Å². The molecule has 1 aliphatic carbocycles. The Morgan fingerprint density at radius 1 is 1.50 bits per heavy atom. The molecule has 1 aromatic heterocycles. The normalized spacial score (nSPS) is 20.1. The fourth-order valence-corrected chi connectivity index (χ4v) is 3.75. The minimum Gasteiger partial charge on any atom is -0.494 e. The molecule has 0 bridgehead atoms. The number of carbonyl (C=O) groups excluding carboxylic acids is 1. The van der Waals surface area contributed by atoms with Gasteiger partial charge in [-0.15, -0.1) is 11.3 Å². The molecule has 1 fully saturated rings. The van der Waals surface area contributed by atoms with Crippen LogP contribution in [0.3, 0.4) is 0 Å². The smallest absolute Gasteiger partial charge is 0.226 e. The molecule has 1 saturated carbocycles. The predicted octanol–water partition coefficient (Wildman–Crippen LogP) is 3.41. The number of hydrogen-bond donors (Lipinski definition) is 2. The van der Waals surface area contributed by atoms with Gasteiger partial charge in [0.2, 0.25) is 5.91 Å². The lowest BCUT2D eigenvalue weighted by atomic mass is 10.00. The maximum atomic E-state index is 13.8. The second-order valence-corrected chi connectivity index (χ2v) is 6.85. The Balaban J connectivity index is 1.65. The van der Waals surface area contributed by atoms with Gasteiger partial charge in [-0.25, -0.2) is 9.37 Å². The summed E-state index contributed by atoms with van der Waals surface area (Å²) >= 11 is 1.32. The van der Waals surface area contributed by atoms with E-state index < -0.39 is 5.82 Å². The zero-order valence-electron chi connectivity index (χ0n) is 13.4. The summed E-state index contributed by atoms with van der Waals surface area (Å²) in [7, 11) is 1.42. The average Bonchev–Trinajstić information content (AvgIpc) is 3.17. The molecule has 7 heteroatoms. The van der Waals surface area contributed by atoms with Crippen LogP contribution in [0.25, 0.3) is 11.3 Å². The zero-order chi connectivity index (χ0) is 17.1. The number of hydrogen-bond acceptors (Lipinski definition) is 5. The van der Waals surface area contributed by atoms with Crippen LogP contribution in [0.15, 0.2) is 23.6 Å². The van der Waals surface area contributed by atoms with Crippen LogP contribution in [-0.4, -0.2) is 24.0 Å². The summed E-state index contributed by atoms with van der Waals surface area (Å²) in [5.74, 6) is -0.0708. The molecule has 2 atom stereocenters. The fourth-order valence-electron chi connectivity index (χ4n) is 3.02. The number of aromatic nitrogens is 1. The van der Waals surface area contributed by atoms with Gasteiger partial charge in [0.15, 0.2) is 16.7 Å². The molecule has 0 aliphatic heterocycles. The number of nitrogens with one attached hydrogen (secondary N) is 1. The number of nitrogens with two attached hydrogens (primary N) is 1. The molecule has 24 heavy (non-hydrogen) atoms. The zero-order valence-corrected chi connectivity index (χ0v) is 14.2. The Kier molecular flexibility index (Phi) is 5.11. The average molecular weight is 349 g/mol. The lowest BCUT2D eigenvalue weighted by Gasteiger charge is -2.13. The molecule has 1 heterocycles. The van der Waals surface area contributed by atoms with E-state index in [4.69, 9.17) is 10.5 Å². The van der Waals surface area contributed by atoms with Gasteiger partial charge >= 0.3 is 0 Å². The number of ether oxygens (including phenoxy) is 1. The molecule has 2 aromatic rings. The van der Waals surface area contributed by atoms with Gasteiger partial charge in [-0.1, -0.05) is 6.42 Å². The van der Waals surface area contributed by atoms with Gasteiger partial charge in [0.25, 0.3) is 0 Å². The molecule has 1 aliphatic rings. The van der Waals surface area contributed by atoms with Gasteiger partial charge in [-0.2, -0.15) is 0 Å². The first-order chi connectivity index (χ1) is 11.6. The summed E-state index contributed by atoms with van der Waals surface area (Å²) in [6.45, 7) is 0. The maximum absolute atomic E-state index is 13.8. The summed E-state index contributed by atoms with van der Waals surface area (Å²) in [5.41, 5.74) is 7.26. The highest BCUT2D eigenvalue weighted by atomic mass is 32.1. The van der Waals surface area contributed by atoms with E-state index in [1.54, 1.807) is 17.5 Å². The summed E-state index contributed by atoms with van der Waals surface area (Å²) < 4.78 is 18.7. The van der Waals surface area contributed by atoms with Crippen molar-refractivity contribution in [1.82, 2.24) is 4.98 Å². The largest absolute Gasteiger partial charge is 0.494 e. The SMILES string of the molecule is COc1ccc(-c2csc(NC(=O)C[C@@H]3CCC[C@H]3N)n2)cc1F. The lowest BCUT2D eigenvalue weighted by Crippen LogP contribution is -2.28. The monoisotopic (exact) mass is 349 g/mol. The number of anilines is 1. The van der Waals surface area contributed by atoms with Crippen LogP contribution < -0.4 is 15.8 Å². The van der Waals surface area contributed by atoms with E-state index in [0.717, 1.165) is 19.3 Å². The number of thiazole rings is 1. The Morgan fingerprint density at radius 2 is 2.33 bits per heavy atom. The van der Waals surface area contributed by atoms with E-state index >= 15 is 0 Å². The van der Waals surface area contributed by atoms with Crippen LogP contribution >= 0.6 is 11.3 Å². The van der Waals surface area contributed by atoms with Crippen molar-refractivity contribution in [2.45, 2.75) is 31.7 Å². The second-order valence-electron chi connectivity index (χ2n) is 5.99. The third-order valence-corrected chi connectivity index (χ3v) is 5.12. The minimum atomic E-state index is -0.441. The molecule has 0 saturated heterocycles. The van der Waals surface area contributed by atoms with E-state index in [0.29, 0.717) is 22.8 Å². The third-order valence-electron chi connectivity index (χ3n) is 4.36. The Labute approximate surface area is 144 Å². The summed E-state index contributed by atoms with van der Waals surface area (Å²) in [6.07, 6.45) is 3.50. The van der Waals surface area contributed by atoms with Crippen molar-refractivity contribution in [2.24, 2.45) is 11.7 Å². The van der Waals surface area contributed by atoms with Crippen LogP contribution in [-0.2, 0) is 4.79 Å². The highest BCUT2D eigenvalue weighted by molar-refractivity contribution is 7.14. The Bertz CT molecular complexity index is 734. The number of rotatable bonds is 5. The lowest BCUT2D eigenvalue weighted by molar-refractivity contribution is -0.117. The van der Waals surface area contributed by atoms with Crippen LogP contribution in [0.4, 0.5) is 9.52 Å². The van der Waals surface area contributed by atoms with Gasteiger partial charge in [0.1, 0.15) is 0 Å². The molecule has 3 N–H and O–H groups in total.